The standard InChI is InChI=1S/C14H21NO3/c1-17-11-5-6-12(14(9-11)18-2)13(16)8-10-4-3-7-15-10/h5-6,9-10,13,15-16H,3-4,7-8H2,1-2H3. The second-order valence-electron chi connectivity index (χ2n) is 4.65. The summed E-state index contributed by atoms with van der Waals surface area (Å²) in [4.78, 5) is 0. The van der Waals surface area contributed by atoms with Crippen LogP contribution in [-0.2, 0) is 0 Å². The summed E-state index contributed by atoms with van der Waals surface area (Å²) >= 11 is 0. The van der Waals surface area contributed by atoms with Crippen LogP contribution >= 0.6 is 0 Å². The Morgan fingerprint density at radius 3 is 2.83 bits per heavy atom. The van der Waals surface area contributed by atoms with Crippen molar-refractivity contribution in [3.8, 4) is 11.5 Å². The molecule has 0 bridgehead atoms. The lowest BCUT2D eigenvalue weighted by molar-refractivity contribution is 0.151. The number of aliphatic hydroxyl groups excluding tert-OH is 1. The van der Waals surface area contributed by atoms with E-state index < -0.39 is 6.10 Å². The quantitative estimate of drug-likeness (QED) is 0.839. The predicted octanol–water partition coefficient (Wildman–Crippen LogP) is 1.88. The molecule has 18 heavy (non-hydrogen) atoms. The molecular formula is C14H21NO3. The van der Waals surface area contributed by atoms with Gasteiger partial charge in [-0.15, -0.1) is 0 Å². The maximum atomic E-state index is 10.3. The minimum absolute atomic E-state index is 0.409. The second kappa shape index (κ2) is 6.07. The molecule has 2 atom stereocenters. The molecule has 2 unspecified atom stereocenters. The molecule has 1 heterocycles. The number of rotatable bonds is 5. The third kappa shape index (κ3) is 2.94. The molecule has 1 aliphatic heterocycles. The molecule has 1 saturated heterocycles. The number of nitrogens with one attached hydrogen (secondary N) is 1. The maximum absolute atomic E-state index is 10.3. The Kier molecular flexibility index (Phi) is 4.44. The van der Waals surface area contributed by atoms with Crippen molar-refractivity contribution in [3.05, 3.63) is 23.8 Å². The van der Waals surface area contributed by atoms with Crippen LogP contribution in [0.5, 0.6) is 11.5 Å². The van der Waals surface area contributed by atoms with E-state index >= 15 is 0 Å². The third-order valence-corrected chi connectivity index (χ3v) is 3.47. The van der Waals surface area contributed by atoms with Gasteiger partial charge in [0, 0.05) is 17.7 Å². The highest BCUT2D eigenvalue weighted by Gasteiger charge is 2.21. The van der Waals surface area contributed by atoms with Crippen molar-refractivity contribution in [2.45, 2.75) is 31.4 Å². The lowest BCUT2D eigenvalue weighted by atomic mass is 10.00. The zero-order valence-corrected chi connectivity index (χ0v) is 11.0. The van der Waals surface area contributed by atoms with Crippen molar-refractivity contribution in [2.24, 2.45) is 0 Å². The maximum Gasteiger partial charge on any atom is 0.128 e. The van der Waals surface area contributed by atoms with Gasteiger partial charge in [-0.3, -0.25) is 0 Å². The van der Waals surface area contributed by atoms with Gasteiger partial charge < -0.3 is 19.9 Å². The summed E-state index contributed by atoms with van der Waals surface area (Å²) < 4.78 is 10.5. The smallest absolute Gasteiger partial charge is 0.128 e. The van der Waals surface area contributed by atoms with Gasteiger partial charge in [0.05, 0.1) is 20.3 Å². The first-order valence-corrected chi connectivity index (χ1v) is 6.38. The molecule has 0 saturated carbocycles. The molecule has 4 nitrogen and oxygen atoms in total. The summed E-state index contributed by atoms with van der Waals surface area (Å²) in [6.45, 7) is 1.05. The third-order valence-electron chi connectivity index (χ3n) is 3.47. The normalized spacial score (nSPS) is 20.7. The van der Waals surface area contributed by atoms with Crippen LogP contribution in [0, 0.1) is 0 Å². The van der Waals surface area contributed by atoms with Crippen LogP contribution in [0.3, 0.4) is 0 Å². The molecule has 1 aromatic carbocycles. The Labute approximate surface area is 108 Å². The largest absolute Gasteiger partial charge is 0.497 e. The number of ether oxygens (including phenoxy) is 2. The van der Waals surface area contributed by atoms with Crippen LogP contribution in [0.1, 0.15) is 30.9 Å². The van der Waals surface area contributed by atoms with E-state index in [0.717, 1.165) is 30.7 Å². The Bertz CT molecular complexity index is 389. The van der Waals surface area contributed by atoms with Crippen LogP contribution in [0.25, 0.3) is 0 Å². The fraction of sp³-hybridized carbons (Fsp3) is 0.571. The molecule has 2 N–H and O–H groups in total. The predicted molar refractivity (Wildman–Crippen MR) is 70.1 cm³/mol. The SMILES string of the molecule is COc1ccc(C(O)CC2CCCN2)c(OC)c1. The van der Waals surface area contributed by atoms with Gasteiger partial charge in [-0.25, -0.2) is 0 Å². The molecule has 0 spiro atoms. The molecule has 4 heteroatoms. The monoisotopic (exact) mass is 251 g/mol. The number of methoxy groups -OCH3 is 2. The van der Waals surface area contributed by atoms with E-state index in [1.165, 1.54) is 6.42 Å². The topological polar surface area (TPSA) is 50.7 Å². The van der Waals surface area contributed by atoms with Crippen molar-refractivity contribution in [1.82, 2.24) is 5.32 Å². The number of aliphatic hydroxyl groups is 1. The van der Waals surface area contributed by atoms with Gasteiger partial charge in [-0.1, -0.05) is 0 Å². The number of hydrogen-bond acceptors (Lipinski definition) is 4. The highest BCUT2D eigenvalue weighted by atomic mass is 16.5. The van der Waals surface area contributed by atoms with E-state index in [1.54, 1.807) is 20.3 Å². The molecule has 1 aromatic rings. The summed E-state index contributed by atoms with van der Waals surface area (Å²) in [6, 6.07) is 5.94. The van der Waals surface area contributed by atoms with E-state index in [-0.39, 0.29) is 0 Å². The second-order valence-corrected chi connectivity index (χ2v) is 4.65. The number of benzene rings is 1. The molecule has 1 aliphatic rings. The van der Waals surface area contributed by atoms with Crippen molar-refractivity contribution in [2.75, 3.05) is 20.8 Å². The molecule has 100 valence electrons. The van der Waals surface area contributed by atoms with E-state index in [2.05, 4.69) is 5.32 Å². The lowest BCUT2D eigenvalue weighted by Crippen LogP contribution is -2.23. The minimum Gasteiger partial charge on any atom is -0.497 e. The average molecular weight is 251 g/mol. The molecular weight excluding hydrogens is 230 g/mol. The Balaban J connectivity index is 2.10. The molecule has 0 radical (unpaired) electrons. The zero-order chi connectivity index (χ0) is 13.0. The first-order chi connectivity index (χ1) is 8.74. The molecule has 2 rings (SSSR count). The first-order valence-electron chi connectivity index (χ1n) is 6.38. The van der Waals surface area contributed by atoms with Crippen LogP contribution in [-0.4, -0.2) is 31.9 Å². The molecule has 0 aromatic heterocycles. The van der Waals surface area contributed by atoms with Crippen molar-refractivity contribution in [1.29, 1.82) is 0 Å². The Morgan fingerprint density at radius 2 is 2.22 bits per heavy atom. The van der Waals surface area contributed by atoms with E-state index in [4.69, 9.17) is 9.47 Å². The van der Waals surface area contributed by atoms with E-state index in [1.807, 2.05) is 12.1 Å². The lowest BCUT2D eigenvalue weighted by Gasteiger charge is -2.19. The van der Waals surface area contributed by atoms with Gasteiger partial charge >= 0.3 is 0 Å². The van der Waals surface area contributed by atoms with Gasteiger partial charge in [0.25, 0.3) is 0 Å². The van der Waals surface area contributed by atoms with Gasteiger partial charge in [-0.2, -0.15) is 0 Å². The molecule has 0 amide bonds. The summed E-state index contributed by atoms with van der Waals surface area (Å²) in [5.74, 6) is 1.42. The summed E-state index contributed by atoms with van der Waals surface area (Å²) in [5, 5.41) is 13.7. The van der Waals surface area contributed by atoms with Crippen molar-refractivity contribution >= 4 is 0 Å². The Hall–Kier alpha value is -1.26. The molecule has 1 fully saturated rings. The van der Waals surface area contributed by atoms with Crippen LogP contribution < -0.4 is 14.8 Å². The highest BCUT2D eigenvalue weighted by Crippen LogP contribution is 2.32. The Morgan fingerprint density at radius 1 is 1.39 bits per heavy atom. The van der Waals surface area contributed by atoms with Crippen molar-refractivity contribution in [3.63, 3.8) is 0 Å². The van der Waals surface area contributed by atoms with Crippen LogP contribution in [0.2, 0.25) is 0 Å². The zero-order valence-electron chi connectivity index (χ0n) is 11.0. The fourth-order valence-corrected chi connectivity index (χ4v) is 2.45. The van der Waals surface area contributed by atoms with E-state index in [0.29, 0.717) is 11.8 Å². The van der Waals surface area contributed by atoms with Crippen LogP contribution in [0.4, 0.5) is 0 Å². The van der Waals surface area contributed by atoms with Gasteiger partial charge in [-0.05, 0) is 37.9 Å². The first kappa shape index (κ1) is 13.2. The minimum atomic E-state index is -0.499. The fourth-order valence-electron chi connectivity index (χ4n) is 2.45. The summed E-state index contributed by atoms with van der Waals surface area (Å²) in [5.41, 5.74) is 0.826. The van der Waals surface area contributed by atoms with Crippen molar-refractivity contribution < 1.29 is 14.6 Å². The van der Waals surface area contributed by atoms with Gasteiger partial charge in [0.15, 0.2) is 0 Å². The average Bonchev–Trinajstić information content (AvgIpc) is 2.90. The summed E-state index contributed by atoms with van der Waals surface area (Å²) in [6.07, 6.45) is 2.55. The summed E-state index contributed by atoms with van der Waals surface area (Å²) in [7, 11) is 3.23. The van der Waals surface area contributed by atoms with Gasteiger partial charge in [0.2, 0.25) is 0 Å². The van der Waals surface area contributed by atoms with Gasteiger partial charge in [0.1, 0.15) is 11.5 Å². The number of hydrogen-bond donors (Lipinski definition) is 2. The van der Waals surface area contributed by atoms with E-state index in [9.17, 15) is 5.11 Å². The molecule has 0 aliphatic carbocycles. The highest BCUT2D eigenvalue weighted by molar-refractivity contribution is 5.42. The van der Waals surface area contributed by atoms with Crippen LogP contribution in [0.15, 0.2) is 18.2 Å².